The van der Waals surface area contributed by atoms with Crippen molar-refractivity contribution in [2.75, 3.05) is 29.5 Å². The van der Waals surface area contributed by atoms with Gasteiger partial charge in [0.15, 0.2) is 5.71 Å². The number of rotatable bonds is 20. The van der Waals surface area contributed by atoms with E-state index in [1.807, 2.05) is 54.8 Å². The molecule has 0 amide bonds. The first-order chi connectivity index (χ1) is 26.2. The van der Waals surface area contributed by atoms with Gasteiger partial charge in [0.05, 0.1) is 11.1 Å². The molecule has 0 aliphatic carbocycles. The summed E-state index contributed by atoms with van der Waals surface area (Å²) in [6, 6.07) is 26.7. The van der Waals surface area contributed by atoms with Crippen LogP contribution in [-0.2, 0) is 34.4 Å². The fourth-order valence-corrected chi connectivity index (χ4v) is 8.10. The SMILES string of the molecule is CC1=[N+](CCCSOO[O-])c2ccccc2C1(C)CCCC(=O)O.CCN1/C(=C/C=C/C=Nc2ccccc2)C(C)(CCCSOO[O-])c2ccccc21. The topological polar surface area (TPSA) is 139 Å². The minimum absolute atomic E-state index is 0.119. The molecule has 0 bridgehead atoms. The van der Waals surface area contributed by atoms with Gasteiger partial charge >= 0.3 is 5.97 Å². The maximum absolute atomic E-state index is 10.8. The number of carbonyl (C=O) groups is 1. The van der Waals surface area contributed by atoms with Crippen LogP contribution in [0.25, 0.3) is 0 Å². The number of aliphatic carboxylic acids is 1. The number of hydrogen-bond acceptors (Lipinski definition) is 11. The van der Waals surface area contributed by atoms with Crippen molar-refractivity contribution in [3.8, 4) is 0 Å². The lowest BCUT2D eigenvalue weighted by Crippen LogP contribution is -2.30. The van der Waals surface area contributed by atoms with Gasteiger partial charge in [0, 0.05) is 96.5 Å². The molecular formula is C41H50N3O8S2-. The van der Waals surface area contributed by atoms with E-state index in [1.54, 1.807) is 0 Å². The van der Waals surface area contributed by atoms with Crippen LogP contribution in [0.2, 0.25) is 0 Å². The Morgan fingerprint density at radius 2 is 1.48 bits per heavy atom. The summed E-state index contributed by atoms with van der Waals surface area (Å²) in [6.45, 7) is 10.5. The van der Waals surface area contributed by atoms with Crippen molar-refractivity contribution in [1.29, 1.82) is 0 Å². The van der Waals surface area contributed by atoms with E-state index < -0.39 is 5.97 Å². The van der Waals surface area contributed by atoms with Gasteiger partial charge in [-0.3, -0.25) is 19.9 Å². The van der Waals surface area contributed by atoms with Gasteiger partial charge in [-0.15, -0.1) is 0 Å². The third kappa shape index (κ3) is 11.1. The zero-order valence-electron chi connectivity index (χ0n) is 31.3. The van der Waals surface area contributed by atoms with Crippen molar-refractivity contribution in [2.24, 2.45) is 4.99 Å². The first kappa shape index (κ1) is 42.9. The van der Waals surface area contributed by atoms with Crippen molar-refractivity contribution < 1.29 is 43.7 Å². The van der Waals surface area contributed by atoms with Gasteiger partial charge in [-0.1, -0.05) is 60.7 Å². The van der Waals surface area contributed by atoms with E-state index in [1.165, 1.54) is 33.9 Å². The van der Waals surface area contributed by atoms with Crippen molar-refractivity contribution in [2.45, 2.75) is 77.0 Å². The molecule has 2 aliphatic rings. The maximum atomic E-state index is 10.8. The molecule has 2 unspecified atom stereocenters. The number of para-hydroxylation sites is 3. The van der Waals surface area contributed by atoms with Crippen LogP contribution in [0.5, 0.6) is 0 Å². The Bertz CT molecular complexity index is 1770. The van der Waals surface area contributed by atoms with Crippen molar-refractivity contribution >= 4 is 59.0 Å². The Morgan fingerprint density at radius 1 is 0.852 bits per heavy atom. The summed E-state index contributed by atoms with van der Waals surface area (Å²) in [4.78, 5) is 17.7. The second kappa shape index (κ2) is 21.9. The molecule has 0 saturated carbocycles. The Balaban J connectivity index is 0.000000247. The number of fused-ring (bicyclic) bond motifs is 2. The van der Waals surface area contributed by atoms with Gasteiger partial charge in [0.1, 0.15) is 6.54 Å². The maximum Gasteiger partial charge on any atom is 0.303 e. The van der Waals surface area contributed by atoms with E-state index in [0.29, 0.717) is 17.9 Å². The number of likely N-dealkylation sites (N-methyl/N-ethyl adjacent to an activating group) is 1. The van der Waals surface area contributed by atoms with Gasteiger partial charge in [0.2, 0.25) is 5.69 Å². The van der Waals surface area contributed by atoms with E-state index in [2.05, 4.69) is 109 Å². The van der Waals surface area contributed by atoms with Crippen molar-refractivity contribution in [3.63, 3.8) is 0 Å². The third-order valence-electron chi connectivity index (χ3n) is 10.1. The molecule has 11 nitrogen and oxygen atoms in total. The molecule has 3 aromatic rings. The van der Waals surface area contributed by atoms with Crippen LogP contribution in [0, 0.1) is 0 Å². The number of anilines is 1. The monoisotopic (exact) mass is 776 g/mol. The number of aliphatic imine (C=N–C) groups is 1. The van der Waals surface area contributed by atoms with Crippen LogP contribution in [0.1, 0.15) is 77.3 Å². The summed E-state index contributed by atoms with van der Waals surface area (Å²) in [5.74, 6) is 0.597. The number of hydrogen-bond donors (Lipinski definition) is 1. The molecule has 13 heteroatoms. The van der Waals surface area contributed by atoms with Crippen LogP contribution < -0.4 is 15.4 Å². The van der Waals surface area contributed by atoms with Gasteiger partial charge in [-0.05, 0) is 82.4 Å². The van der Waals surface area contributed by atoms with E-state index in [4.69, 9.17) is 5.11 Å². The molecule has 54 heavy (non-hydrogen) atoms. The molecule has 290 valence electrons. The molecule has 0 spiro atoms. The lowest BCUT2D eigenvalue weighted by Gasteiger charge is -2.30. The number of carboxylic acids is 1. The highest BCUT2D eigenvalue weighted by molar-refractivity contribution is 7.94. The van der Waals surface area contributed by atoms with Crippen LogP contribution >= 0.6 is 24.1 Å². The minimum Gasteiger partial charge on any atom is -0.691 e. The molecule has 0 radical (unpaired) electrons. The van der Waals surface area contributed by atoms with E-state index in [9.17, 15) is 15.3 Å². The minimum atomic E-state index is -0.753. The van der Waals surface area contributed by atoms with Crippen molar-refractivity contribution in [1.82, 2.24) is 0 Å². The zero-order chi connectivity index (χ0) is 38.8. The first-order valence-corrected chi connectivity index (χ1v) is 20.0. The summed E-state index contributed by atoms with van der Waals surface area (Å²) < 4.78 is 11.0. The van der Waals surface area contributed by atoms with Gasteiger partial charge in [-0.2, -0.15) is 13.2 Å². The zero-order valence-corrected chi connectivity index (χ0v) is 33.0. The first-order valence-electron chi connectivity index (χ1n) is 18.1. The lowest BCUT2D eigenvalue weighted by atomic mass is 9.76. The molecule has 0 saturated heterocycles. The number of allylic oxidation sites excluding steroid dienone is 4. The highest BCUT2D eigenvalue weighted by atomic mass is 32.2. The smallest absolute Gasteiger partial charge is 0.303 e. The fraction of sp³-hybridized carbons (Fsp3) is 0.390. The Labute approximate surface area is 327 Å². The van der Waals surface area contributed by atoms with Crippen LogP contribution in [0.4, 0.5) is 17.1 Å². The highest BCUT2D eigenvalue weighted by Crippen LogP contribution is 2.50. The Kier molecular flexibility index (Phi) is 17.4. The second-order valence-electron chi connectivity index (χ2n) is 13.4. The molecule has 0 aromatic heterocycles. The molecule has 1 N–H and O–H groups in total. The fourth-order valence-electron chi connectivity index (χ4n) is 7.38. The van der Waals surface area contributed by atoms with E-state index >= 15 is 0 Å². The largest absolute Gasteiger partial charge is 0.691 e. The Morgan fingerprint density at radius 3 is 2.17 bits per heavy atom. The number of carboxylic acid groups (broad SMARTS) is 1. The van der Waals surface area contributed by atoms with Gasteiger partial charge < -0.3 is 20.5 Å². The summed E-state index contributed by atoms with van der Waals surface area (Å²) in [7, 11) is 0. The number of benzene rings is 3. The average Bonchev–Trinajstić information content (AvgIpc) is 3.54. The molecule has 5 rings (SSSR count). The van der Waals surface area contributed by atoms with Gasteiger partial charge in [0.25, 0.3) is 0 Å². The van der Waals surface area contributed by atoms with Crippen LogP contribution in [0.15, 0.2) is 108 Å². The predicted molar refractivity (Wildman–Crippen MR) is 212 cm³/mol. The number of nitrogens with zero attached hydrogens (tertiary/aromatic N) is 3. The molecule has 2 atom stereocenters. The second-order valence-corrected chi connectivity index (χ2v) is 14.9. The summed E-state index contributed by atoms with van der Waals surface area (Å²) in [5.41, 5.74) is 8.19. The molecule has 3 aromatic carbocycles. The standard InChI is InChI=1S/C24H28N2O3S.C17H23NO5S/c1-3-26-22-15-8-7-14-21(22)24(2,17-11-19-30-29-28-27)23(26)16-9-10-18-25-20-12-5-4-6-13-20;1-13-17(2,10-5-9-16(19)20)14-7-3-4-8-15(14)18(13)11-6-12-24-23-22-21/h4-10,12-16,18,27H,3,11,17,19H2,1-2H3;3-4,7-8H,5-6,9-12H2,1-2H3,(H-,19,20,21)/p-1/b10-9+,23-16+,25-18?;. The Hall–Kier alpha value is -3.79. The summed E-state index contributed by atoms with van der Waals surface area (Å²) in [6.07, 6.45) is 12.3. The average molecular weight is 777 g/mol. The molecule has 2 aliphatic heterocycles. The summed E-state index contributed by atoms with van der Waals surface area (Å²) in [5, 5.41) is 35.5. The third-order valence-corrected chi connectivity index (χ3v) is 11.3. The van der Waals surface area contributed by atoms with Crippen LogP contribution in [0.3, 0.4) is 0 Å². The van der Waals surface area contributed by atoms with E-state index in [0.717, 1.165) is 68.5 Å². The summed E-state index contributed by atoms with van der Waals surface area (Å²) >= 11 is 2.05. The quantitative estimate of drug-likeness (QED) is 0.0300. The van der Waals surface area contributed by atoms with Gasteiger partial charge in [-0.25, -0.2) is 0 Å². The lowest BCUT2D eigenvalue weighted by molar-refractivity contribution is -0.777. The van der Waals surface area contributed by atoms with Crippen LogP contribution in [-0.4, -0.2) is 52.2 Å². The normalized spacial score (nSPS) is 19.8. The molecule has 0 fully saturated rings. The van der Waals surface area contributed by atoms with Crippen molar-refractivity contribution in [3.05, 3.63) is 114 Å². The molecular weight excluding hydrogens is 727 g/mol. The predicted octanol–water partition coefficient (Wildman–Crippen LogP) is 7.86. The molecule has 2 heterocycles. The highest BCUT2D eigenvalue weighted by Gasteiger charge is 2.45. The van der Waals surface area contributed by atoms with E-state index in [-0.39, 0.29) is 17.3 Å².